The minimum absolute atomic E-state index is 0.0573. The third-order valence-electron chi connectivity index (χ3n) is 3.13. The first-order valence-corrected chi connectivity index (χ1v) is 8.98. The van der Waals surface area contributed by atoms with E-state index in [0.717, 1.165) is 19.1 Å². The molecule has 0 aromatic heterocycles. The van der Waals surface area contributed by atoms with Gasteiger partial charge in [0.15, 0.2) is 0 Å². The maximum Gasteiger partial charge on any atom is 0.337 e. The van der Waals surface area contributed by atoms with Gasteiger partial charge in [-0.05, 0) is 33.7 Å². The highest BCUT2D eigenvalue weighted by Crippen LogP contribution is 2.33. The van der Waals surface area contributed by atoms with E-state index in [1.807, 2.05) is 0 Å². The molecule has 0 spiro atoms. The van der Waals surface area contributed by atoms with E-state index in [1.54, 1.807) is 0 Å². The number of rotatable bonds is 5. The van der Waals surface area contributed by atoms with Crippen LogP contribution in [0.1, 0.15) is 27.2 Å². The number of epoxide rings is 1. The van der Waals surface area contributed by atoms with Crippen molar-refractivity contribution in [1.82, 2.24) is 0 Å². The summed E-state index contributed by atoms with van der Waals surface area (Å²) in [5, 5.41) is 0. The molecule has 0 saturated carbocycles. The van der Waals surface area contributed by atoms with Crippen LogP contribution in [0.15, 0.2) is 0 Å². The largest absolute Gasteiger partial charge is 0.391 e. The van der Waals surface area contributed by atoms with Crippen LogP contribution in [0.25, 0.3) is 0 Å². The van der Waals surface area contributed by atoms with E-state index in [9.17, 15) is 0 Å². The Kier molecular flexibility index (Phi) is 3.95. The Morgan fingerprint density at radius 3 is 2.71 bits per heavy atom. The Morgan fingerprint density at radius 1 is 1.41 bits per heavy atom. The highest BCUT2D eigenvalue weighted by atomic mass is 28.4. The lowest BCUT2D eigenvalue weighted by atomic mass is 10.0. The zero-order valence-electron chi connectivity index (χ0n) is 11.3. The van der Waals surface area contributed by atoms with E-state index in [4.69, 9.17) is 18.3 Å². The molecule has 2 saturated heterocycles. The van der Waals surface area contributed by atoms with Crippen molar-refractivity contribution in [2.75, 3.05) is 19.8 Å². The van der Waals surface area contributed by atoms with Crippen LogP contribution in [0.2, 0.25) is 12.6 Å². The minimum Gasteiger partial charge on any atom is -0.391 e. The summed E-state index contributed by atoms with van der Waals surface area (Å²) in [4.78, 5) is 0. The summed E-state index contributed by atoms with van der Waals surface area (Å²) < 4.78 is 22.9. The number of hydrogen-bond donors (Lipinski definition) is 0. The van der Waals surface area contributed by atoms with Crippen molar-refractivity contribution in [1.29, 1.82) is 0 Å². The first kappa shape index (κ1) is 13.5. The third kappa shape index (κ3) is 4.33. The predicted octanol–water partition coefficient (Wildman–Crippen LogP) is 2.08. The van der Waals surface area contributed by atoms with E-state index >= 15 is 0 Å². The van der Waals surface area contributed by atoms with Crippen molar-refractivity contribution in [3.8, 4) is 0 Å². The van der Waals surface area contributed by atoms with Crippen molar-refractivity contribution < 1.29 is 18.3 Å². The van der Waals surface area contributed by atoms with Crippen molar-refractivity contribution in [2.45, 2.75) is 57.6 Å². The molecule has 0 aliphatic carbocycles. The fourth-order valence-corrected chi connectivity index (χ4v) is 5.53. The summed E-state index contributed by atoms with van der Waals surface area (Å²) in [7, 11) is -2.05. The second kappa shape index (κ2) is 4.97. The Morgan fingerprint density at radius 2 is 2.12 bits per heavy atom. The molecule has 0 bridgehead atoms. The quantitative estimate of drug-likeness (QED) is 0.431. The molecule has 2 rings (SSSR count). The second-order valence-electron chi connectivity index (χ2n) is 5.91. The molecule has 0 N–H and O–H groups in total. The van der Waals surface area contributed by atoms with Gasteiger partial charge in [0.2, 0.25) is 0 Å². The normalized spacial score (nSPS) is 40.2. The minimum atomic E-state index is -2.05. The Hall–Kier alpha value is 0.0569. The summed E-state index contributed by atoms with van der Waals surface area (Å²) in [5.74, 6) is 0. The lowest BCUT2D eigenvalue weighted by Gasteiger charge is -2.44. The van der Waals surface area contributed by atoms with Gasteiger partial charge in [0.25, 0.3) is 0 Å². The monoisotopic (exact) mass is 260 g/mol. The van der Waals surface area contributed by atoms with Crippen molar-refractivity contribution >= 4 is 8.56 Å². The van der Waals surface area contributed by atoms with Gasteiger partial charge in [0, 0.05) is 18.8 Å². The maximum absolute atomic E-state index is 6.16. The van der Waals surface area contributed by atoms with E-state index in [-0.39, 0.29) is 5.60 Å². The van der Waals surface area contributed by atoms with Gasteiger partial charge in [0.1, 0.15) is 6.10 Å². The highest BCUT2D eigenvalue weighted by molar-refractivity contribution is 6.66. The fraction of sp³-hybridized carbons (Fsp3) is 1.00. The van der Waals surface area contributed by atoms with Crippen LogP contribution in [-0.2, 0) is 18.3 Å². The summed E-state index contributed by atoms with van der Waals surface area (Å²) in [6, 6.07) is 0.896. The molecule has 17 heavy (non-hydrogen) atoms. The second-order valence-corrected chi connectivity index (χ2v) is 9.12. The molecule has 4 nitrogen and oxygen atoms in total. The molecule has 3 unspecified atom stereocenters. The van der Waals surface area contributed by atoms with Crippen LogP contribution < -0.4 is 0 Å². The lowest BCUT2D eigenvalue weighted by molar-refractivity contribution is -0.0450. The van der Waals surface area contributed by atoms with Gasteiger partial charge in [-0.2, -0.15) is 0 Å². The van der Waals surface area contributed by atoms with Crippen LogP contribution in [0.4, 0.5) is 0 Å². The molecule has 0 radical (unpaired) electrons. The lowest BCUT2D eigenvalue weighted by Crippen LogP contribution is -2.54. The third-order valence-corrected chi connectivity index (χ3v) is 6.13. The van der Waals surface area contributed by atoms with Gasteiger partial charge in [0.05, 0.1) is 18.8 Å². The van der Waals surface area contributed by atoms with Gasteiger partial charge in [-0.15, -0.1) is 0 Å². The summed E-state index contributed by atoms with van der Waals surface area (Å²) >= 11 is 0. The Bertz CT molecular complexity index is 267. The van der Waals surface area contributed by atoms with E-state index in [1.165, 1.54) is 0 Å². The molecule has 2 heterocycles. The first-order valence-electron chi connectivity index (χ1n) is 6.46. The summed E-state index contributed by atoms with van der Waals surface area (Å²) in [6.45, 7) is 10.8. The standard InChI is InChI=1S/C12H24O4Si/c1-10-7-12(2,3)16-17(4,15-10)6-5-13-8-11-9-14-11/h10-11H,5-9H2,1-4H3. The van der Waals surface area contributed by atoms with Gasteiger partial charge < -0.3 is 18.3 Å². The highest BCUT2D eigenvalue weighted by Gasteiger charge is 2.44. The van der Waals surface area contributed by atoms with Crippen LogP contribution >= 0.6 is 0 Å². The van der Waals surface area contributed by atoms with Gasteiger partial charge >= 0.3 is 8.56 Å². The molecule has 2 aliphatic heterocycles. The van der Waals surface area contributed by atoms with Crippen LogP contribution in [0, 0.1) is 0 Å². The van der Waals surface area contributed by atoms with Gasteiger partial charge in [-0.3, -0.25) is 0 Å². The molecule has 2 aliphatic rings. The topological polar surface area (TPSA) is 40.2 Å². The summed E-state index contributed by atoms with van der Waals surface area (Å²) in [5.41, 5.74) is -0.0573. The fourth-order valence-electron chi connectivity index (χ4n) is 2.56. The zero-order chi connectivity index (χ0) is 12.5. The van der Waals surface area contributed by atoms with E-state index in [0.29, 0.717) is 25.4 Å². The van der Waals surface area contributed by atoms with Crippen LogP contribution in [-0.4, -0.2) is 46.2 Å². The summed E-state index contributed by atoms with van der Waals surface area (Å²) in [6.07, 6.45) is 1.60. The number of ether oxygens (including phenoxy) is 2. The van der Waals surface area contributed by atoms with Crippen molar-refractivity contribution in [3.05, 3.63) is 0 Å². The molecule has 2 fully saturated rings. The SMILES string of the molecule is CC1CC(C)(C)O[Si](C)(CCOCC2CO2)O1. The maximum atomic E-state index is 6.16. The average molecular weight is 260 g/mol. The Balaban J connectivity index is 1.75. The molecule has 0 aromatic rings. The molecule has 5 heteroatoms. The van der Waals surface area contributed by atoms with E-state index < -0.39 is 8.56 Å². The predicted molar refractivity (Wildman–Crippen MR) is 67.3 cm³/mol. The average Bonchev–Trinajstić information content (AvgIpc) is 2.91. The molecule has 100 valence electrons. The van der Waals surface area contributed by atoms with Crippen molar-refractivity contribution in [3.63, 3.8) is 0 Å². The Labute approximate surface area is 105 Å². The van der Waals surface area contributed by atoms with Crippen molar-refractivity contribution in [2.24, 2.45) is 0 Å². The van der Waals surface area contributed by atoms with E-state index in [2.05, 4.69) is 27.3 Å². The van der Waals surface area contributed by atoms with Gasteiger partial charge in [-0.1, -0.05) is 0 Å². The van der Waals surface area contributed by atoms with Crippen LogP contribution in [0.3, 0.4) is 0 Å². The first-order chi connectivity index (χ1) is 7.89. The van der Waals surface area contributed by atoms with Crippen LogP contribution in [0.5, 0.6) is 0 Å². The molecule has 3 atom stereocenters. The molecule has 0 amide bonds. The molecular formula is C12H24O4Si. The molecular weight excluding hydrogens is 236 g/mol. The zero-order valence-corrected chi connectivity index (χ0v) is 12.3. The van der Waals surface area contributed by atoms with Gasteiger partial charge in [-0.25, -0.2) is 0 Å². The molecule has 0 aromatic carbocycles. The smallest absolute Gasteiger partial charge is 0.337 e. The number of hydrogen-bond acceptors (Lipinski definition) is 4.